The fourth-order valence-electron chi connectivity index (χ4n) is 5.19. The molecule has 0 nitrogen and oxygen atoms in total. The molecule has 0 amide bonds. The highest BCUT2D eigenvalue weighted by atomic mass is 14.4. The van der Waals surface area contributed by atoms with Gasteiger partial charge in [0, 0.05) is 0 Å². The summed E-state index contributed by atoms with van der Waals surface area (Å²) in [5, 5.41) is 0. The zero-order chi connectivity index (χ0) is 23.3. The second-order valence-electron chi connectivity index (χ2n) is 12.6. The van der Waals surface area contributed by atoms with Gasteiger partial charge in [-0.3, -0.25) is 0 Å². The Morgan fingerprint density at radius 2 is 1.30 bits per heavy atom. The minimum absolute atomic E-state index is 0.488. The van der Waals surface area contributed by atoms with E-state index in [2.05, 4.69) is 88.8 Å². The molecule has 0 unspecified atom stereocenters. The lowest BCUT2D eigenvalue weighted by atomic mass is 9.68. The first-order valence-electron chi connectivity index (χ1n) is 12.6. The summed E-state index contributed by atoms with van der Waals surface area (Å²) in [6, 6.07) is 0. The Morgan fingerprint density at radius 3 is 1.70 bits per heavy atom. The SMILES string of the molecule is C=C1CCCC(C)(C)[C@@H]1C.CC1=C(C)C(C)(C)CCC1.CC1=CCCC(C)(C)[C@@H]1C. The molecule has 0 heterocycles. The molecular formula is C30H54. The van der Waals surface area contributed by atoms with Crippen molar-refractivity contribution in [3.8, 4) is 0 Å². The predicted molar refractivity (Wildman–Crippen MR) is 138 cm³/mol. The number of rotatable bonds is 0. The van der Waals surface area contributed by atoms with Crippen molar-refractivity contribution in [2.24, 2.45) is 28.1 Å². The zero-order valence-corrected chi connectivity index (χ0v) is 22.6. The van der Waals surface area contributed by atoms with E-state index in [-0.39, 0.29) is 0 Å². The van der Waals surface area contributed by atoms with Gasteiger partial charge in [-0.05, 0) is 100 Å². The van der Waals surface area contributed by atoms with Crippen molar-refractivity contribution < 1.29 is 0 Å². The molecular weight excluding hydrogens is 360 g/mol. The number of hydrogen-bond donors (Lipinski definition) is 0. The molecule has 0 N–H and O–H groups in total. The summed E-state index contributed by atoms with van der Waals surface area (Å²) >= 11 is 0. The average molecular weight is 415 g/mol. The Kier molecular flexibility index (Phi) is 9.71. The Balaban J connectivity index is 0.000000225. The summed E-state index contributed by atoms with van der Waals surface area (Å²) in [6.07, 6.45) is 13.1. The molecule has 30 heavy (non-hydrogen) atoms. The van der Waals surface area contributed by atoms with Crippen LogP contribution in [-0.2, 0) is 0 Å². The van der Waals surface area contributed by atoms with Crippen LogP contribution in [0, 0.1) is 28.1 Å². The largest absolute Gasteiger partial charge is 0.0996 e. The van der Waals surface area contributed by atoms with Gasteiger partial charge < -0.3 is 0 Å². The lowest BCUT2D eigenvalue weighted by molar-refractivity contribution is 0.206. The average Bonchev–Trinajstić information content (AvgIpc) is 2.63. The molecule has 3 aliphatic carbocycles. The van der Waals surface area contributed by atoms with Gasteiger partial charge in [0.25, 0.3) is 0 Å². The van der Waals surface area contributed by atoms with E-state index in [0.717, 1.165) is 11.8 Å². The molecule has 0 aromatic carbocycles. The molecule has 0 aromatic rings. The molecule has 1 fully saturated rings. The van der Waals surface area contributed by atoms with E-state index >= 15 is 0 Å². The van der Waals surface area contributed by atoms with Crippen molar-refractivity contribution in [3.63, 3.8) is 0 Å². The molecule has 0 bridgehead atoms. The molecule has 0 heteroatoms. The molecule has 0 saturated heterocycles. The lowest BCUT2D eigenvalue weighted by Crippen LogP contribution is -2.26. The molecule has 3 aliphatic rings. The third kappa shape index (κ3) is 7.42. The lowest BCUT2D eigenvalue weighted by Gasteiger charge is -2.37. The van der Waals surface area contributed by atoms with Crippen LogP contribution in [0.2, 0.25) is 0 Å². The molecule has 3 rings (SSSR count). The van der Waals surface area contributed by atoms with Gasteiger partial charge in [0.15, 0.2) is 0 Å². The van der Waals surface area contributed by atoms with E-state index in [9.17, 15) is 0 Å². The van der Waals surface area contributed by atoms with E-state index in [0.29, 0.717) is 16.2 Å². The summed E-state index contributed by atoms with van der Waals surface area (Å²) in [4.78, 5) is 0. The predicted octanol–water partition coefficient (Wildman–Crippen LogP) is 10.3. The van der Waals surface area contributed by atoms with Crippen molar-refractivity contribution in [2.45, 2.75) is 128 Å². The van der Waals surface area contributed by atoms with Gasteiger partial charge in [-0.15, -0.1) is 0 Å². The van der Waals surface area contributed by atoms with Crippen LogP contribution in [0.15, 0.2) is 34.9 Å². The maximum Gasteiger partial charge on any atom is -0.0145 e. The van der Waals surface area contributed by atoms with Crippen LogP contribution in [0.25, 0.3) is 0 Å². The third-order valence-electron chi connectivity index (χ3n) is 9.22. The van der Waals surface area contributed by atoms with Gasteiger partial charge >= 0.3 is 0 Å². The fraction of sp³-hybridized carbons (Fsp3) is 0.800. The summed E-state index contributed by atoms with van der Waals surface area (Å²) < 4.78 is 0. The monoisotopic (exact) mass is 414 g/mol. The smallest absolute Gasteiger partial charge is 0.0145 e. The van der Waals surface area contributed by atoms with Crippen molar-refractivity contribution in [1.29, 1.82) is 0 Å². The Morgan fingerprint density at radius 1 is 0.767 bits per heavy atom. The summed E-state index contributed by atoms with van der Waals surface area (Å²) in [6.45, 7) is 29.7. The van der Waals surface area contributed by atoms with E-state index in [4.69, 9.17) is 0 Å². The second kappa shape index (κ2) is 10.7. The van der Waals surface area contributed by atoms with Crippen LogP contribution >= 0.6 is 0 Å². The normalized spacial score (nSPS) is 29.7. The Hall–Kier alpha value is -0.780. The molecule has 0 aliphatic heterocycles. The van der Waals surface area contributed by atoms with E-state index in [1.54, 1.807) is 16.7 Å². The molecule has 2 atom stereocenters. The van der Waals surface area contributed by atoms with Gasteiger partial charge in [-0.1, -0.05) is 90.3 Å². The van der Waals surface area contributed by atoms with Crippen molar-refractivity contribution in [2.75, 3.05) is 0 Å². The van der Waals surface area contributed by atoms with Crippen molar-refractivity contribution in [3.05, 3.63) is 34.9 Å². The maximum absolute atomic E-state index is 4.09. The van der Waals surface area contributed by atoms with Gasteiger partial charge in [0.2, 0.25) is 0 Å². The van der Waals surface area contributed by atoms with E-state index in [1.807, 2.05) is 0 Å². The zero-order valence-electron chi connectivity index (χ0n) is 22.6. The number of allylic oxidation sites excluding steroid dienone is 5. The van der Waals surface area contributed by atoms with Gasteiger partial charge in [0.05, 0.1) is 0 Å². The Labute approximate surface area is 190 Å². The van der Waals surface area contributed by atoms with Crippen LogP contribution in [0.5, 0.6) is 0 Å². The number of hydrogen-bond acceptors (Lipinski definition) is 0. The highest BCUT2D eigenvalue weighted by molar-refractivity contribution is 5.19. The first kappa shape index (κ1) is 27.3. The first-order valence-corrected chi connectivity index (χ1v) is 12.6. The topological polar surface area (TPSA) is 0 Å². The van der Waals surface area contributed by atoms with Crippen LogP contribution in [0.1, 0.15) is 128 Å². The molecule has 0 radical (unpaired) electrons. The maximum atomic E-state index is 4.09. The van der Waals surface area contributed by atoms with Gasteiger partial charge in [-0.25, -0.2) is 0 Å². The molecule has 1 saturated carbocycles. The highest BCUT2D eigenvalue weighted by Crippen LogP contribution is 2.42. The standard InChI is InChI=1S/3C10H18/c3*1-8-6-5-7-10(3,4)9(8)2/h5-7H2,1-4H3;6,9H,5,7H2,1-4H3;9H,1,5-7H2,2-4H3/t;2*9-/m.11/s1. The van der Waals surface area contributed by atoms with Crippen LogP contribution in [-0.4, -0.2) is 0 Å². The minimum Gasteiger partial charge on any atom is -0.0996 e. The van der Waals surface area contributed by atoms with Gasteiger partial charge in [0.1, 0.15) is 0 Å². The van der Waals surface area contributed by atoms with Crippen molar-refractivity contribution >= 4 is 0 Å². The minimum atomic E-state index is 0.488. The molecule has 0 spiro atoms. The van der Waals surface area contributed by atoms with Crippen LogP contribution in [0.3, 0.4) is 0 Å². The highest BCUT2D eigenvalue weighted by Gasteiger charge is 2.31. The van der Waals surface area contributed by atoms with Crippen molar-refractivity contribution in [1.82, 2.24) is 0 Å². The van der Waals surface area contributed by atoms with Crippen LogP contribution < -0.4 is 0 Å². The van der Waals surface area contributed by atoms with E-state index in [1.165, 1.54) is 56.9 Å². The Bertz CT molecular complexity index is 633. The van der Waals surface area contributed by atoms with Gasteiger partial charge in [-0.2, -0.15) is 0 Å². The third-order valence-corrected chi connectivity index (χ3v) is 9.22. The summed E-state index contributed by atoms with van der Waals surface area (Å²) in [7, 11) is 0. The second-order valence-corrected chi connectivity index (χ2v) is 12.6. The quantitative estimate of drug-likeness (QED) is 0.346. The summed E-state index contributed by atoms with van der Waals surface area (Å²) in [5.74, 6) is 1.50. The molecule has 0 aromatic heterocycles. The fourth-order valence-corrected chi connectivity index (χ4v) is 5.19. The summed E-state index contributed by atoms with van der Waals surface area (Å²) in [5.41, 5.74) is 7.82. The van der Waals surface area contributed by atoms with Crippen LogP contribution in [0.4, 0.5) is 0 Å². The first-order chi connectivity index (χ1) is 13.6. The van der Waals surface area contributed by atoms with E-state index < -0.39 is 0 Å². The molecule has 174 valence electrons.